The Morgan fingerprint density at radius 2 is 0.800 bits per heavy atom. The highest BCUT2D eigenvalue weighted by molar-refractivity contribution is 7.91. The number of phenols is 1. The summed E-state index contributed by atoms with van der Waals surface area (Å²) in [6, 6.07) is 38.0. The van der Waals surface area contributed by atoms with Gasteiger partial charge in [-0.3, -0.25) is 0 Å². The average Bonchev–Trinajstić information content (AvgIpc) is 3.09. The fraction of sp³-hybridized carbons (Fsp3) is 0.333. The third kappa shape index (κ3) is 8.86. The van der Waals surface area contributed by atoms with Gasteiger partial charge in [0.25, 0.3) is 0 Å². The molecule has 0 amide bonds. The summed E-state index contributed by atoms with van der Waals surface area (Å²) >= 11 is 0. The predicted octanol–water partition coefficient (Wildman–Crippen LogP) is 12.0. The molecule has 50 heavy (non-hydrogen) atoms. The molecule has 0 aliphatic carbocycles. The molecule has 0 saturated carbocycles. The molecule has 0 aliphatic heterocycles. The lowest BCUT2D eigenvalue weighted by atomic mass is 9.74. The fourth-order valence-electron chi connectivity index (χ4n) is 5.70. The van der Waals surface area contributed by atoms with Crippen molar-refractivity contribution in [3.63, 3.8) is 0 Å². The van der Waals surface area contributed by atoms with Crippen LogP contribution in [0.15, 0.2) is 131 Å². The molecule has 0 radical (unpaired) electrons. The minimum atomic E-state index is -3.69. The van der Waals surface area contributed by atoms with Gasteiger partial charge in [0.05, 0.1) is 9.79 Å². The summed E-state index contributed by atoms with van der Waals surface area (Å²) in [5.74, 6) is 2.06. The molecule has 0 atom stereocenters. The van der Waals surface area contributed by atoms with Crippen LogP contribution in [0.25, 0.3) is 0 Å². The summed E-state index contributed by atoms with van der Waals surface area (Å²) in [6.45, 7) is 22.4. The minimum absolute atomic E-state index is 0.0166. The highest BCUT2D eigenvalue weighted by Crippen LogP contribution is 2.38. The monoisotopic (exact) mass is 690 g/mol. The van der Waals surface area contributed by atoms with E-state index in [0.29, 0.717) is 11.5 Å². The van der Waals surface area contributed by atoms with Gasteiger partial charge in [-0.1, -0.05) is 130 Å². The number of aromatic hydroxyl groups is 1. The topological polar surface area (TPSA) is 63.6 Å². The van der Waals surface area contributed by atoms with E-state index in [-0.39, 0.29) is 31.8 Å². The van der Waals surface area contributed by atoms with Crippen molar-refractivity contribution in [1.82, 2.24) is 0 Å². The number of ether oxygens (including phenoxy) is 1. The first kappa shape index (κ1) is 38.5. The number of sulfone groups is 1. The van der Waals surface area contributed by atoms with Gasteiger partial charge < -0.3 is 9.84 Å². The number of phenolic OH excluding ortho intramolecular Hbond substituents is 1. The summed E-state index contributed by atoms with van der Waals surface area (Å²) in [6.07, 6.45) is 1.11. The van der Waals surface area contributed by atoms with Crippen LogP contribution < -0.4 is 4.74 Å². The maximum atomic E-state index is 12.9. The maximum absolute atomic E-state index is 12.9. The summed E-state index contributed by atoms with van der Waals surface area (Å²) < 4.78 is 31.9. The molecular weight excluding hydrogens is 637 g/mol. The molecule has 0 fully saturated rings. The van der Waals surface area contributed by atoms with Crippen molar-refractivity contribution >= 4 is 9.84 Å². The van der Waals surface area contributed by atoms with E-state index in [1.54, 1.807) is 12.1 Å². The SMILES string of the molecule is CC(C)C.CCC(C)(C)c1ccc(C(C)(C)c2ccc(C(C)(C)c3ccc(Oc4ccc(S(=O)(=O)c5ccc(O)cc5)cc4)cc3)cc2)cc1. The first-order valence-electron chi connectivity index (χ1n) is 17.5. The largest absolute Gasteiger partial charge is 0.508 e. The van der Waals surface area contributed by atoms with Crippen LogP contribution in [-0.2, 0) is 26.1 Å². The summed E-state index contributed by atoms with van der Waals surface area (Å²) in [5, 5.41) is 9.48. The molecule has 5 heteroatoms. The molecule has 4 nitrogen and oxygen atoms in total. The Balaban J connectivity index is 0.00000133. The fourth-order valence-corrected chi connectivity index (χ4v) is 6.96. The molecule has 0 heterocycles. The van der Waals surface area contributed by atoms with E-state index in [0.717, 1.165) is 17.9 Å². The molecule has 0 unspecified atom stereocenters. The second-order valence-corrected chi connectivity index (χ2v) is 17.4. The van der Waals surface area contributed by atoms with E-state index in [1.165, 1.54) is 58.7 Å². The highest BCUT2D eigenvalue weighted by Gasteiger charge is 2.27. The van der Waals surface area contributed by atoms with Crippen LogP contribution in [-0.4, -0.2) is 13.5 Å². The van der Waals surface area contributed by atoms with Gasteiger partial charge in [-0.2, -0.15) is 0 Å². The second-order valence-electron chi connectivity index (χ2n) is 15.5. The predicted molar refractivity (Wildman–Crippen MR) is 207 cm³/mol. The molecule has 0 bridgehead atoms. The Bertz CT molecular complexity index is 1930. The molecule has 264 valence electrons. The third-order valence-electron chi connectivity index (χ3n) is 9.69. The molecule has 0 aliphatic rings. The molecule has 5 rings (SSSR count). The van der Waals surface area contributed by atoms with E-state index in [2.05, 4.69) is 130 Å². The van der Waals surface area contributed by atoms with Crippen LogP contribution in [0.5, 0.6) is 17.2 Å². The van der Waals surface area contributed by atoms with Crippen LogP contribution in [0.2, 0.25) is 0 Å². The van der Waals surface area contributed by atoms with Crippen molar-refractivity contribution in [2.45, 2.75) is 102 Å². The van der Waals surface area contributed by atoms with Crippen LogP contribution >= 0.6 is 0 Å². The minimum Gasteiger partial charge on any atom is -0.508 e. The van der Waals surface area contributed by atoms with Crippen molar-refractivity contribution in [3.8, 4) is 17.2 Å². The normalized spacial score (nSPS) is 12.3. The van der Waals surface area contributed by atoms with Crippen LogP contribution in [0.3, 0.4) is 0 Å². The molecule has 1 N–H and O–H groups in total. The van der Waals surface area contributed by atoms with E-state index >= 15 is 0 Å². The van der Waals surface area contributed by atoms with Gasteiger partial charge in [-0.05, 0) is 106 Å². The van der Waals surface area contributed by atoms with Gasteiger partial charge >= 0.3 is 0 Å². The van der Waals surface area contributed by atoms with Gasteiger partial charge in [-0.15, -0.1) is 0 Å². The Hall–Kier alpha value is -4.35. The van der Waals surface area contributed by atoms with Crippen LogP contribution in [0.1, 0.15) is 103 Å². The smallest absolute Gasteiger partial charge is 0.206 e. The summed E-state index contributed by atoms with van der Waals surface area (Å²) in [5.41, 5.74) is 6.18. The van der Waals surface area contributed by atoms with Crippen LogP contribution in [0.4, 0.5) is 0 Å². The van der Waals surface area contributed by atoms with E-state index in [9.17, 15) is 13.5 Å². The quantitative estimate of drug-likeness (QED) is 0.158. The zero-order valence-corrected chi connectivity index (χ0v) is 32.2. The van der Waals surface area contributed by atoms with Crippen molar-refractivity contribution in [3.05, 3.63) is 149 Å². The molecule has 0 aromatic heterocycles. The number of hydrogen-bond acceptors (Lipinski definition) is 4. The number of rotatable bonds is 10. The lowest BCUT2D eigenvalue weighted by Gasteiger charge is -2.30. The van der Waals surface area contributed by atoms with Gasteiger partial charge in [0, 0.05) is 10.8 Å². The lowest BCUT2D eigenvalue weighted by molar-refractivity contribution is 0.474. The van der Waals surface area contributed by atoms with Crippen molar-refractivity contribution < 1.29 is 18.3 Å². The van der Waals surface area contributed by atoms with Crippen molar-refractivity contribution in [1.29, 1.82) is 0 Å². The zero-order valence-electron chi connectivity index (χ0n) is 31.4. The van der Waals surface area contributed by atoms with Crippen molar-refractivity contribution in [2.24, 2.45) is 5.92 Å². The Morgan fingerprint density at radius 3 is 1.14 bits per heavy atom. The average molecular weight is 691 g/mol. The van der Waals surface area contributed by atoms with E-state index < -0.39 is 9.84 Å². The number of benzene rings is 5. The van der Waals surface area contributed by atoms with E-state index in [4.69, 9.17) is 4.74 Å². The van der Waals surface area contributed by atoms with Gasteiger partial charge in [0.15, 0.2) is 0 Å². The Kier molecular flexibility index (Phi) is 11.7. The first-order chi connectivity index (χ1) is 23.4. The van der Waals surface area contributed by atoms with Gasteiger partial charge in [0.2, 0.25) is 9.84 Å². The van der Waals surface area contributed by atoms with Crippen LogP contribution in [0, 0.1) is 5.92 Å². The molecular formula is C45H54O4S. The molecule has 0 spiro atoms. The lowest BCUT2D eigenvalue weighted by Crippen LogP contribution is -2.22. The summed E-state index contributed by atoms with van der Waals surface area (Å²) in [4.78, 5) is 0.280. The molecule has 5 aromatic rings. The Labute approximate surface area is 301 Å². The van der Waals surface area contributed by atoms with Gasteiger partial charge in [-0.25, -0.2) is 8.42 Å². The zero-order chi connectivity index (χ0) is 36.9. The summed E-state index contributed by atoms with van der Waals surface area (Å²) in [7, 11) is -3.69. The second kappa shape index (κ2) is 15.3. The molecule has 0 saturated heterocycles. The number of hydrogen-bond donors (Lipinski definition) is 1. The van der Waals surface area contributed by atoms with Gasteiger partial charge in [0.1, 0.15) is 17.2 Å². The maximum Gasteiger partial charge on any atom is 0.206 e. The standard InChI is InChI=1S/C41H44O4S.C4H10/c1-8-39(2,3)29-9-11-30(12-10-29)40(4,5)31-13-15-32(16-14-31)41(6,7)33-17-21-35(22-18-33)45-36-23-27-38(28-24-36)46(43,44)37-25-19-34(42)20-26-37;1-4(2)3/h9-28,42H,8H2,1-7H3;4H,1-3H3. The highest BCUT2D eigenvalue weighted by atomic mass is 32.2. The first-order valence-corrected chi connectivity index (χ1v) is 19.0. The van der Waals surface area contributed by atoms with Crippen molar-refractivity contribution in [2.75, 3.05) is 0 Å². The Morgan fingerprint density at radius 1 is 0.520 bits per heavy atom. The van der Waals surface area contributed by atoms with E-state index in [1.807, 2.05) is 12.1 Å². The molecule has 5 aromatic carbocycles. The third-order valence-corrected chi connectivity index (χ3v) is 11.5.